The summed E-state index contributed by atoms with van der Waals surface area (Å²) < 4.78 is 9.33. The number of hydrogen-bond donors (Lipinski definition) is 0. The Labute approximate surface area is 252 Å². The molecular formula is C31H34I2N4. The number of rotatable bonds is 8. The van der Waals surface area contributed by atoms with Gasteiger partial charge in [-0.2, -0.15) is 0 Å². The Morgan fingerprint density at radius 2 is 0.865 bits per heavy atom. The minimum absolute atomic E-state index is 0. The molecular weight excluding hydrogens is 682 g/mol. The van der Waals surface area contributed by atoms with Gasteiger partial charge in [0, 0.05) is 47.0 Å². The minimum atomic E-state index is 0. The van der Waals surface area contributed by atoms with E-state index in [-0.39, 0.29) is 48.0 Å². The lowest BCUT2D eigenvalue weighted by Gasteiger charge is -2.09. The van der Waals surface area contributed by atoms with Crippen LogP contribution in [0, 0.1) is 0 Å². The van der Waals surface area contributed by atoms with E-state index in [1.807, 2.05) is 0 Å². The molecule has 0 fully saturated rings. The average Bonchev–Trinajstić information content (AvgIpc) is 3.35. The van der Waals surface area contributed by atoms with Crippen LogP contribution in [0.4, 0.5) is 0 Å². The summed E-state index contributed by atoms with van der Waals surface area (Å²) in [6, 6.07) is 22.2. The van der Waals surface area contributed by atoms with Crippen molar-refractivity contribution in [1.82, 2.24) is 9.13 Å². The Kier molecular flexibility index (Phi) is 9.11. The number of hydrogen-bond acceptors (Lipinski definition) is 0. The van der Waals surface area contributed by atoms with E-state index < -0.39 is 0 Å². The third-order valence-electron chi connectivity index (χ3n) is 7.47. The third-order valence-corrected chi connectivity index (χ3v) is 7.47. The first-order valence-electron chi connectivity index (χ1n) is 12.9. The van der Waals surface area contributed by atoms with Gasteiger partial charge in [0.1, 0.15) is 14.1 Å². The molecule has 0 spiro atoms. The normalized spacial score (nSPS) is 11.3. The number of aryl methyl sites for hydroxylation is 4. The van der Waals surface area contributed by atoms with E-state index in [1.165, 1.54) is 75.7 Å². The highest BCUT2D eigenvalue weighted by Crippen LogP contribution is 2.29. The van der Waals surface area contributed by atoms with Gasteiger partial charge in [-0.3, -0.25) is 0 Å². The molecule has 0 aliphatic carbocycles. The van der Waals surface area contributed by atoms with Crippen LogP contribution < -0.4 is 57.1 Å². The van der Waals surface area contributed by atoms with Crippen molar-refractivity contribution in [2.75, 3.05) is 0 Å². The molecule has 0 atom stereocenters. The van der Waals surface area contributed by atoms with Gasteiger partial charge < -0.3 is 57.1 Å². The lowest BCUT2D eigenvalue weighted by Crippen LogP contribution is -3.00. The highest BCUT2D eigenvalue weighted by Gasteiger charge is 2.14. The molecule has 2 aromatic carbocycles. The molecule has 6 heteroatoms. The van der Waals surface area contributed by atoms with Gasteiger partial charge in [0.15, 0.2) is 24.8 Å². The van der Waals surface area contributed by atoms with E-state index in [0.29, 0.717) is 0 Å². The Balaban J connectivity index is 0.00000160. The summed E-state index contributed by atoms with van der Waals surface area (Å²) >= 11 is 0. The highest BCUT2D eigenvalue weighted by atomic mass is 127. The first-order valence-corrected chi connectivity index (χ1v) is 12.9. The van der Waals surface area contributed by atoms with Gasteiger partial charge >= 0.3 is 0 Å². The summed E-state index contributed by atoms with van der Waals surface area (Å²) in [5.41, 5.74) is 5.41. The molecule has 0 unspecified atom stereocenters. The zero-order valence-corrected chi connectivity index (χ0v) is 25.9. The molecule has 0 saturated heterocycles. The molecule has 4 nitrogen and oxygen atoms in total. The van der Waals surface area contributed by atoms with Crippen LogP contribution in [0.2, 0.25) is 0 Å². The van der Waals surface area contributed by atoms with Crippen LogP contribution in [-0.4, -0.2) is 9.13 Å². The van der Waals surface area contributed by atoms with Crippen LogP contribution in [0.25, 0.3) is 43.6 Å². The number of nitrogens with zero attached hydrogens (tertiary/aromatic N) is 4. The predicted octanol–water partition coefficient (Wildman–Crippen LogP) is 0.210. The summed E-state index contributed by atoms with van der Waals surface area (Å²) in [5.74, 6) is 0. The van der Waals surface area contributed by atoms with Crippen LogP contribution in [0.15, 0.2) is 85.5 Å². The van der Waals surface area contributed by atoms with Crippen molar-refractivity contribution in [3.05, 3.63) is 85.5 Å². The summed E-state index contributed by atoms with van der Waals surface area (Å²) in [4.78, 5) is 0. The van der Waals surface area contributed by atoms with Crippen molar-refractivity contribution in [3.63, 3.8) is 0 Å². The molecule has 192 valence electrons. The summed E-state index contributed by atoms with van der Waals surface area (Å²) in [6.07, 6.45) is 15.1. The van der Waals surface area contributed by atoms with E-state index in [9.17, 15) is 0 Å². The first kappa shape index (κ1) is 27.8. The number of pyridine rings is 2. The monoisotopic (exact) mass is 716 g/mol. The second-order valence-corrected chi connectivity index (χ2v) is 9.92. The molecule has 0 amide bonds. The fourth-order valence-electron chi connectivity index (χ4n) is 5.75. The zero-order valence-electron chi connectivity index (χ0n) is 21.6. The second kappa shape index (κ2) is 12.1. The molecule has 0 N–H and O–H groups in total. The molecule has 37 heavy (non-hydrogen) atoms. The quantitative estimate of drug-likeness (QED) is 0.122. The maximum absolute atomic E-state index is 2.52. The largest absolute Gasteiger partial charge is 1.00 e. The minimum Gasteiger partial charge on any atom is -1.00 e. The smallest absolute Gasteiger partial charge is 0.178 e. The second-order valence-electron chi connectivity index (χ2n) is 9.92. The third kappa shape index (κ3) is 5.37. The number of benzene rings is 2. The number of unbranched alkanes of at least 4 members (excludes halogenated alkanes) is 4. The summed E-state index contributed by atoms with van der Waals surface area (Å²) in [6.45, 7) is 2.17. The lowest BCUT2D eigenvalue weighted by molar-refractivity contribution is -0.670. The van der Waals surface area contributed by atoms with Crippen LogP contribution in [-0.2, 0) is 27.2 Å². The Morgan fingerprint density at radius 1 is 0.486 bits per heavy atom. The van der Waals surface area contributed by atoms with Crippen LogP contribution >= 0.6 is 0 Å². The number of halogens is 2. The predicted molar refractivity (Wildman–Crippen MR) is 144 cm³/mol. The standard InChI is InChI=1S/C31H34N4.2HI/c1-32-20-16-30-26(22-32)24-12-6-8-14-28(24)34(30)18-10-4-3-5-11-19-35-29-15-9-7-13-25(29)27-23-33(2)21-17-31(27)35;;/h6-9,12-17,20-23H,3-5,10-11,18-19H2,1-2H3;2*1H/q+2;;/p-2. The van der Waals surface area contributed by atoms with E-state index in [1.54, 1.807) is 0 Å². The summed E-state index contributed by atoms with van der Waals surface area (Å²) in [7, 11) is 4.20. The van der Waals surface area contributed by atoms with Crippen molar-refractivity contribution in [1.29, 1.82) is 0 Å². The van der Waals surface area contributed by atoms with Crippen molar-refractivity contribution in [2.24, 2.45) is 14.1 Å². The zero-order chi connectivity index (χ0) is 23.8. The van der Waals surface area contributed by atoms with Gasteiger partial charge in [0.2, 0.25) is 0 Å². The summed E-state index contributed by atoms with van der Waals surface area (Å²) in [5, 5.41) is 5.42. The lowest BCUT2D eigenvalue weighted by atomic mass is 10.1. The number of para-hydroxylation sites is 2. The van der Waals surface area contributed by atoms with Crippen LogP contribution in [0.5, 0.6) is 0 Å². The Hall–Kier alpha value is -2.20. The van der Waals surface area contributed by atoms with Gasteiger partial charge in [0.05, 0.1) is 21.8 Å². The van der Waals surface area contributed by atoms with Gasteiger partial charge in [-0.05, 0) is 25.0 Å². The van der Waals surface area contributed by atoms with Gasteiger partial charge in [-0.25, -0.2) is 9.13 Å². The molecule has 6 aromatic rings. The number of fused-ring (bicyclic) bond motifs is 6. The maximum atomic E-state index is 2.52. The van der Waals surface area contributed by atoms with Gasteiger partial charge in [-0.15, -0.1) is 0 Å². The SMILES string of the molecule is C[n+]1ccc2c(c1)c1ccccc1n2CCCCCCCn1c2ccccc2c2c[n+](C)ccc21.[I-].[I-]. The van der Waals surface area contributed by atoms with Crippen LogP contribution in [0.3, 0.4) is 0 Å². The van der Waals surface area contributed by atoms with Crippen molar-refractivity contribution < 1.29 is 57.1 Å². The molecule has 4 aromatic heterocycles. The van der Waals surface area contributed by atoms with Crippen LogP contribution in [0.1, 0.15) is 32.1 Å². The molecule has 0 aliphatic rings. The van der Waals surface area contributed by atoms with E-state index in [0.717, 1.165) is 13.1 Å². The Bertz CT molecular complexity index is 1540. The van der Waals surface area contributed by atoms with E-state index in [4.69, 9.17) is 0 Å². The fourth-order valence-corrected chi connectivity index (χ4v) is 5.75. The van der Waals surface area contributed by atoms with Gasteiger partial charge in [0.25, 0.3) is 0 Å². The first-order chi connectivity index (χ1) is 17.2. The van der Waals surface area contributed by atoms with Crippen molar-refractivity contribution in [2.45, 2.75) is 45.2 Å². The molecule has 6 rings (SSSR count). The average molecular weight is 716 g/mol. The molecule has 0 saturated carbocycles. The van der Waals surface area contributed by atoms with E-state index in [2.05, 4.69) is 118 Å². The molecule has 0 bridgehead atoms. The molecule has 0 aliphatic heterocycles. The van der Waals surface area contributed by atoms with Crippen molar-refractivity contribution in [3.8, 4) is 0 Å². The highest BCUT2D eigenvalue weighted by molar-refractivity contribution is 6.08. The van der Waals surface area contributed by atoms with E-state index >= 15 is 0 Å². The number of aromatic nitrogens is 4. The fraction of sp³-hybridized carbons (Fsp3) is 0.290. The van der Waals surface area contributed by atoms with Gasteiger partial charge in [-0.1, -0.05) is 55.7 Å². The van der Waals surface area contributed by atoms with Crippen molar-refractivity contribution >= 4 is 43.6 Å². The Morgan fingerprint density at radius 3 is 1.32 bits per heavy atom. The molecule has 4 heterocycles. The molecule has 0 radical (unpaired) electrons. The maximum Gasteiger partial charge on any atom is 0.178 e. The topological polar surface area (TPSA) is 17.6 Å².